The van der Waals surface area contributed by atoms with Crippen LogP contribution < -0.4 is 9.80 Å². The molecule has 0 aliphatic rings. The zero-order valence-corrected chi connectivity index (χ0v) is 36.4. The van der Waals surface area contributed by atoms with Gasteiger partial charge in [0.1, 0.15) is 0 Å². The van der Waals surface area contributed by atoms with Crippen molar-refractivity contribution < 1.29 is 0 Å². The Bertz CT molecular complexity index is 3520. The third-order valence-corrected chi connectivity index (χ3v) is 14.6. The highest BCUT2D eigenvalue weighted by molar-refractivity contribution is 7.26. The normalized spacial score (nSPS) is 11.4. The fourth-order valence-electron chi connectivity index (χ4n) is 9.22. The van der Waals surface area contributed by atoms with Gasteiger partial charge in [-0.15, -0.1) is 22.7 Å². The Kier molecular flexibility index (Phi) is 9.59. The lowest BCUT2D eigenvalue weighted by molar-refractivity contribution is 1.29. The molecule has 12 aromatic rings. The quantitative estimate of drug-likeness (QED) is 0.143. The lowest BCUT2D eigenvalue weighted by atomic mass is 9.95. The first kappa shape index (κ1) is 38.0. The van der Waals surface area contributed by atoms with Crippen molar-refractivity contribution in [2.45, 2.75) is 0 Å². The summed E-state index contributed by atoms with van der Waals surface area (Å²) in [5.41, 5.74) is 14.0. The van der Waals surface area contributed by atoms with Crippen LogP contribution in [0.3, 0.4) is 0 Å². The fourth-order valence-corrected chi connectivity index (χ4v) is 11.7. The van der Waals surface area contributed by atoms with Crippen LogP contribution in [0.1, 0.15) is 0 Å². The summed E-state index contributed by atoms with van der Waals surface area (Å²) in [5, 5.41) is 5.11. The van der Waals surface area contributed by atoms with Gasteiger partial charge in [0.05, 0.1) is 0 Å². The van der Waals surface area contributed by atoms with Gasteiger partial charge in [-0.25, -0.2) is 0 Å². The third kappa shape index (κ3) is 6.81. The Labute approximate surface area is 380 Å². The molecule has 0 fully saturated rings. The number of fused-ring (bicyclic) bond motifs is 6. The molecule has 2 nitrogen and oxygen atoms in total. The highest BCUT2D eigenvalue weighted by Crippen LogP contribution is 2.48. The second-order valence-electron chi connectivity index (χ2n) is 16.1. The average molecular weight is 853 g/mol. The first-order valence-corrected chi connectivity index (χ1v) is 23.3. The Morgan fingerprint density at radius 3 is 1.06 bits per heavy atom. The largest absolute Gasteiger partial charge is 0.310 e. The molecule has 0 amide bonds. The molecule has 0 saturated heterocycles. The Hall–Kier alpha value is -7.76. The highest BCUT2D eigenvalue weighted by Gasteiger charge is 2.21. The molecule has 0 atom stereocenters. The molecule has 2 aromatic heterocycles. The van der Waals surface area contributed by atoms with E-state index in [0.29, 0.717) is 0 Å². The van der Waals surface area contributed by atoms with Gasteiger partial charge in [-0.3, -0.25) is 0 Å². The number of nitrogens with zero attached hydrogens (tertiary/aromatic N) is 2. The van der Waals surface area contributed by atoms with Crippen molar-refractivity contribution in [2.24, 2.45) is 0 Å². The monoisotopic (exact) mass is 852 g/mol. The van der Waals surface area contributed by atoms with Gasteiger partial charge in [-0.2, -0.15) is 0 Å². The summed E-state index contributed by atoms with van der Waals surface area (Å²) in [4.78, 5) is 4.75. The number of hydrogen-bond acceptors (Lipinski definition) is 4. The van der Waals surface area contributed by atoms with Crippen LogP contribution in [-0.2, 0) is 0 Å². The molecular formula is C60H40N2S2. The van der Waals surface area contributed by atoms with Gasteiger partial charge >= 0.3 is 0 Å². The topological polar surface area (TPSA) is 6.48 Å². The summed E-state index contributed by atoms with van der Waals surface area (Å²) < 4.78 is 5.18. The van der Waals surface area contributed by atoms with E-state index in [1.54, 1.807) is 0 Å². The molecule has 0 aliphatic carbocycles. The molecule has 4 heteroatoms. The molecule has 0 aliphatic heterocycles. The maximum atomic E-state index is 2.39. The van der Waals surface area contributed by atoms with Crippen molar-refractivity contribution in [3.05, 3.63) is 243 Å². The molecule has 0 unspecified atom stereocenters. The van der Waals surface area contributed by atoms with Gasteiger partial charge in [-0.1, -0.05) is 152 Å². The smallest absolute Gasteiger partial charge is 0.0475 e. The van der Waals surface area contributed by atoms with Crippen LogP contribution in [0.4, 0.5) is 34.1 Å². The Morgan fingerprint density at radius 2 is 0.609 bits per heavy atom. The van der Waals surface area contributed by atoms with E-state index in [2.05, 4.69) is 252 Å². The molecule has 0 radical (unpaired) electrons. The molecule has 0 bridgehead atoms. The van der Waals surface area contributed by atoms with Crippen molar-refractivity contribution in [1.82, 2.24) is 0 Å². The minimum Gasteiger partial charge on any atom is -0.310 e. The number of rotatable bonds is 9. The first-order chi connectivity index (χ1) is 31.7. The highest BCUT2D eigenvalue weighted by atomic mass is 32.1. The number of anilines is 6. The number of benzene rings is 10. The number of para-hydroxylation sites is 4. The van der Waals surface area contributed by atoms with Gasteiger partial charge in [-0.05, 0) is 113 Å². The molecule has 302 valence electrons. The van der Waals surface area contributed by atoms with Crippen LogP contribution >= 0.6 is 22.7 Å². The Balaban J connectivity index is 0.982. The van der Waals surface area contributed by atoms with Crippen LogP contribution in [0.15, 0.2) is 243 Å². The predicted octanol–water partition coefficient (Wildman–Crippen LogP) is 18.4. The van der Waals surface area contributed by atoms with Crippen LogP contribution in [0.5, 0.6) is 0 Å². The molecule has 10 aromatic carbocycles. The van der Waals surface area contributed by atoms with E-state index in [9.17, 15) is 0 Å². The number of hydrogen-bond donors (Lipinski definition) is 0. The van der Waals surface area contributed by atoms with E-state index < -0.39 is 0 Å². The van der Waals surface area contributed by atoms with Crippen LogP contribution in [0, 0.1) is 0 Å². The SMILES string of the molecule is c1ccc(N(c2ccccc2)c2cc(-c3ccc(-c4cccc(-c5cc(N(c6ccccc6)c6ccccc6)cc6c5sc5ccccc56)c4)cc3)c3sc4ccccc4c3c2)cc1. The summed E-state index contributed by atoms with van der Waals surface area (Å²) in [6.45, 7) is 0. The van der Waals surface area contributed by atoms with Gasteiger partial charge < -0.3 is 9.80 Å². The summed E-state index contributed by atoms with van der Waals surface area (Å²) in [6, 6.07) is 88.2. The van der Waals surface area contributed by atoms with E-state index in [4.69, 9.17) is 0 Å². The lowest BCUT2D eigenvalue weighted by Gasteiger charge is -2.26. The minimum atomic E-state index is 1.12. The minimum absolute atomic E-state index is 1.12. The Morgan fingerprint density at radius 1 is 0.234 bits per heavy atom. The van der Waals surface area contributed by atoms with Crippen molar-refractivity contribution in [2.75, 3.05) is 9.80 Å². The van der Waals surface area contributed by atoms with Crippen LogP contribution in [-0.4, -0.2) is 0 Å². The van der Waals surface area contributed by atoms with Crippen molar-refractivity contribution in [3.63, 3.8) is 0 Å². The van der Waals surface area contributed by atoms with E-state index in [1.807, 2.05) is 22.7 Å². The fraction of sp³-hybridized carbons (Fsp3) is 0. The van der Waals surface area contributed by atoms with E-state index >= 15 is 0 Å². The molecular weight excluding hydrogens is 813 g/mol. The standard InChI is InChI=1S/C60H40N2S2/c1-5-20-45(21-6-1)61(46-22-7-2-8-23-46)49-37-53(59-55(39-49)51-28-13-15-30-57(51)63-59)42-34-32-41(33-35-42)43-18-17-19-44(36-43)54-38-50(40-56-52-29-14-16-31-58(52)64-60(54)56)62(47-24-9-3-10-25-47)48-26-11-4-12-27-48/h1-40H. The summed E-state index contributed by atoms with van der Waals surface area (Å²) >= 11 is 3.75. The van der Waals surface area contributed by atoms with Gasteiger partial charge in [0.2, 0.25) is 0 Å². The molecule has 0 N–H and O–H groups in total. The average Bonchev–Trinajstić information content (AvgIpc) is 3.94. The van der Waals surface area contributed by atoms with Crippen molar-refractivity contribution in [3.8, 4) is 33.4 Å². The maximum absolute atomic E-state index is 2.39. The molecule has 64 heavy (non-hydrogen) atoms. The van der Waals surface area contributed by atoms with E-state index in [-0.39, 0.29) is 0 Å². The summed E-state index contributed by atoms with van der Waals surface area (Å²) in [6.07, 6.45) is 0. The molecule has 0 spiro atoms. The molecule has 12 rings (SSSR count). The summed E-state index contributed by atoms with van der Waals surface area (Å²) in [7, 11) is 0. The molecule has 2 heterocycles. The van der Waals surface area contributed by atoms with Gasteiger partial charge in [0.15, 0.2) is 0 Å². The third-order valence-electron chi connectivity index (χ3n) is 12.2. The summed E-state index contributed by atoms with van der Waals surface area (Å²) in [5.74, 6) is 0. The first-order valence-electron chi connectivity index (χ1n) is 21.7. The van der Waals surface area contributed by atoms with Gasteiger partial charge in [0.25, 0.3) is 0 Å². The van der Waals surface area contributed by atoms with E-state index in [0.717, 1.165) is 34.1 Å². The van der Waals surface area contributed by atoms with Crippen LogP contribution in [0.2, 0.25) is 0 Å². The number of thiophene rings is 2. The maximum Gasteiger partial charge on any atom is 0.0475 e. The van der Waals surface area contributed by atoms with Gasteiger partial charge in [0, 0.05) is 85.6 Å². The van der Waals surface area contributed by atoms with Crippen molar-refractivity contribution >= 4 is 97.1 Å². The van der Waals surface area contributed by atoms with E-state index in [1.165, 1.54) is 73.7 Å². The zero-order valence-electron chi connectivity index (χ0n) is 34.8. The zero-order chi connectivity index (χ0) is 42.4. The van der Waals surface area contributed by atoms with Crippen LogP contribution in [0.25, 0.3) is 73.7 Å². The second-order valence-corrected chi connectivity index (χ2v) is 18.2. The molecule has 0 saturated carbocycles. The second kappa shape index (κ2) is 16.2. The predicted molar refractivity (Wildman–Crippen MR) is 278 cm³/mol. The van der Waals surface area contributed by atoms with Crippen molar-refractivity contribution in [1.29, 1.82) is 0 Å². The lowest BCUT2D eigenvalue weighted by Crippen LogP contribution is -2.09.